The van der Waals surface area contributed by atoms with E-state index in [1.807, 2.05) is 6.92 Å². The molecule has 1 saturated heterocycles. The number of piperidine rings is 1. The van der Waals surface area contributed by atoms with Crippen LogP contribution >= 0.6 is 11.3 Å². The summed E-state index contributed by atoms with van der Waals surface area (Å²) in [5.74, 6) is -0.306. The van der Waals surface area contributed by atoms with Gasteiger partial charge in [0, 0.05) is 38.0 Å². The zero-order valence-electron chi connectivity index (χ0n) is 19.5. The second-order valence-electron chi connectivity index (χ2n) is 9.15. The fourth-order valence-electron chi connectivity index (χ4n) is 4.61. The van der Waals surface area contributed by atoms with E-state index in [1.165, 1.54) is 16.2 Å². The number of carbonyl (C=O) groups excluding carboxylic acids is 2. The molecule has 0 radical (unpaired) electrons. The fraction of sp³-hybridized carbons (Fsp3) is 0.522. The van der Waals surface area contributed by atoms with Crippen LogP contribution in [0.5, 0.6) is 0 Å². The lowest BCUT2D eigenvalue weighted by Crippen LogP contribution is -2.50. The third-order valence-electron chi connectivity index (χ3n) is 6.35. The molecule has 2 aromatic heterocycles. The number of carboxylic acid groups (broad SMARTS) is 1. The molecule has 0 aliphatic carbocycles. The van der Waals surface area contributed by atoms with E-state index in [0.29, 0.717) is 17.8 Å². The van der Waals surface area contributed by atoms with Crippen molar-refractivity contribution in [3.8, 4) is 10.7 Å². The average Bonchev–Trinajstić information content (AvgIpc) is 3.34. The van der Waals surface area contributed by atoms with E-state index >= 15 is 0 Å². The van der Waals surface area contributed by atoms with Crippen molar-refractivity contribution < 1.29 is 32.7 Å². The molecule has 0 bridgehead atoms. The predicted octanol–water partition coefficient (Wildman–Crippen LogP) is 3.39. The van der Waals surface area contributed by atoms with E-state index in [2.05, 4.69) is 15.3 Å². The highest BCUT2D eigenvalue weighted by Crippen LogP contribution is 2.36. The third kappa shape index (κ3) is 5.94. The van der Waals surface area contributed by atoms with Crippen LogP contribution in [0.2, 0.25) is 0 Å². The molecule has 9 nitrogen and oxygen atoms in total. The lowest BCUT2D eigenvalue weighted by atomic mass is 9.98. The molecule has 2 aliphatic heterocycles. The molecule has 2 atom stereocenters. The highest BCUT2D eigenvalue weighted by atomic mass is 32.1. The number of halogens is 3. The summed E-state index contributed by atoms with van der Waals surface area (Å²) in [5.41, 5.74) is -0.894. The molecule has 194 valence electrons. The molecule has 13 heteroatoms. The summed E-state index contributed by atoms with van der Waals surface area (Å²) in [7, 11) is 0. The van der Waals surface area contributed by atoms with Gasteiger partial charge < -0.3 is 20.2 Å². The van der Waals surface area contributed by atoms with Crippen molar-refractivity contribution in [1.29, 1.82) is 0 Å². The average molecular weight is 526 g/mol. The highest BCUT2D eigenvalue weighted by molar-refractivity contribution is 7.13. The molecule has 4 rings (SSSR count). The summed E-state index contributed by atoms with van der Waals surface area (Å²) in [6, 6.07) is 2.47. The zero-order valence-corrected chi connectivity index (χ0v) is 20.4. The van der Waals surface area contributed by atoms with Crippen LogP contribution in [-0.4, -0.2) is 68.5 Å². The number of nitrogens with one attached hydrogen (secondary N) is 1. The number of rotatable bonds is 6. The Morgan fingerprint density at radius 1 is 1.31 bits per heavy atom. The van der Waals surface area contributed by atoms with E-state index in [1.54, 1.807) is 22.4 Å². The van der Waals surface area contributed by atoms with Gasteiger partial charge in [-0.15, -0.1) is 11.3 Å². The molecule has 2 aromatic rings. The van der Waals surface area contributed by atoms with Crippen molar-refractivity contribution in [2.75, 3.05) is 19.6 Å². The first kappa shape index (κ1) is 25.9. The van der Waals surface area contributed by atoms with Gasteiger partial charge in [0.25, 0.3) is 0 Å². The first-order valence-electron chi connectivity index (χ1n) is 11.6. The molecule has 0 saturated carbocycles. The predicted molar refractivity (Wildman–Crippen MR) is 124 cm³/mol. The lowest BCUT2D eigenvalue weighted by molar-refractivity contribution is -0.142. The molecule has 0 aromatic carbocycles. The van der Waals surface area contributed by atoms with Crippen LogP contribution in [0.4, 0.5) is 18.0 Å². The van der Waals surface area contributed by atoms with Gasteiger partial charge in [-0.1, -0.05) is 13.0 Å². The topological polar surface area (TPSA) is 116 Å². The molecule has 1 fully saturated rings. The van der Waals surface area contributed by atoms with Crippen LogP contribution < -0.4 is 5.32 Å². The van der Waals surface area contributed by atoms with Crippen molar-refractivity contribution in [3.05, 3.63) is 34.5 Å². The van der Waals surface area contributed by atoms with Gasteiger partial charge in [0.2, 0.25) is 11.8 Å². The minimum atomic E-state index is -4.67. The van der Waals surface area contributed by atoms with Crippen molar-refractivity contribution in [1.82, 2.24) is 25.1 Å². The first-order valence-corrected chi connectivity index (χ1v) is 12.4. The van der Waals surface area contributed by atoms with E-state index < -0.39 is 29.9 Å². The van der Waals surface area contributed by atoms with Crippen LogP contribution in [0.3, 0.4) is 0 Å². The van der Waals surface area contributed by atoms with Crippen molar-refractivity contribution >= 4 is 29.2 Å². The number of hydrogen-bond acceptors (Lipinski definition) is 6. The molecule has 4 heterocycles. The fourth-order valence-corrected chi connectivity index (χ4v) is 5.27. The number of nitrogens with zero attached hydrogens (tertiary/aromatic N) is 4. The molecule has 36 heavy (non-hydrogen) atoms. The van der Waals surface area contributed by atoms with Crippen LogP contribution in [0, 0.1) is 5.92 Å². The summed E-state index contributed by atoms with van der Waals surface area (Å²) in [5, 5.41) is 13.3. The van der Waals surface area contributed by atoms with Gasteiger partial charge in [-0.3, -0.25) is 9.59 Å². The molecular weight excluding hydrogens is 499 g/mol. The Morgan fingerprint density at radius 3 is 2.75 bits per heavy atom. The Morgan fingerprint density at radius 2 is 2.08 bits per heavy atom. The van der Waals surface area contributed by atoms with Gasteiger partial charge in [0.1, 0.15) is 0 Å². The second-order valence-corrected chi connectivity index (χ2v) is 10.1. The molecule has 0 unspecified atom stereocenters. The van der Waals surface area contributed by atoms with Gasteiger partial charge >= 0.3 is 12.3 Å². The van der Waals surface area contributed by atoms with E-state index in [9.17, 15) is 32.7 Å². The SMILES string of the molecule is C[C@@H]1CCC(=O)N(C[C@H](CC(=O)N2CCc3c(nc(-c4cccs4)nc3C(F)(F)F)C2)NC(=O)O)C1. The second kappa shape index (κ2) is 10.4. The maximum atomic E-state index is 13.8. The third-order valence-corrected chi connectivity index (χ3v) is 7.22. The van der Waals surface area contributed by atoms with Gasteiger partial charge in [-0.2, -0.15) is 13.2 Å². The number of amides is 3. The molecule has 2 N–H and O–H groups in total. The van der Waals surface area contributed by atoms with E-state index in [-0.39, 0.29) is 61.4 Å². The Labute approximate surface area is 209 Å². The summed E-state index contributed by atoms with van der Waals surface area (Å²) < 4.78 is 41.3. The highest BCUT2D eigenvalue weighted by Gasteiger charge is 2.39. The number of thiophene rings is 1. The molecule has 0 spiro atoms. The molecular formula is C23H26F3N5O4S. The molecule has 3 amide bonds. The summed E-state index contributed by atoms with van der Waals surface area (Å²) in [4.78, 5) is 48.3. The van der Waals surface area contributed by atoms with Crippen molar-refractivity contribution in [2.45, 2.75) is 51.4 Å². The van der Waals surface area contributed by atoms with Gasteiger partial charge in [-0.25, -0.2) is 14.8 Å². The maximum absolute atomic E-state index is 13.8. The monoisotopic (exact) mass is 525 g/mol. The van der Waals surface area contributed by atoms with E-state index in [4.69, 9.17) is 0 Å². The summed E-state index contributed by atoms with van der Waals surface area (Å²) >= 11 is 1.22. The number of fused-ring (bicyclic) bond motifs is 1. The van der Waals surface area contributed by atoms with Crippen LogP contribution in [-0.2, 0) is 28.7 Å². The van der Waals surface area contributed by atoms with Gasteiger partial charge in [0.15, 0.2) is 11.5 Å². The zero-order chi connectivity index (χ0) is 26.0. The number of alkyl halides is 3. The minimum Gasteiger partial charge on any atom is -0.465 e. The largest absolute Gasteiger partial charge is 0.465 e. The lowest BCUT2D eigenvalue weighted by Gasteiger charge is -2.35. The Bertz CT molecular complexity index is 1140. The van der Waals surface area contributed by atoms with Crippen LogP contribution in [0.1, 0.15) is 43.1 Å². The standard InChI is InChI=1S/C23H26F3N5O4S/c1-13-4-5-18(32)31(10-13)11-14(27-22(34)35)9-19(33)30-7-6-15-16(12-30)28-21(17-3-2-8-36-17)29-20(15)23(24,25)26/h2-3,8,13-14,27H,4-7,9-12H2,1H3,(H,34,35)/t13-,14+/m1/s1. The Hall–Kier alpha value is -3.22. The Balaban J connectivity index is 1.53. The maximum Gasteiger partial charge on any atom is 0.433 e. The van der Waals surface area contributed by atoms with Crippen molar-refractivity contribution in [2.24, 2.45) is 5.92 Å². The summed E-state index contributed by atoms with van der Waals surface area (Å²) in [6.45, 7) is 2.41. The van der Waals surface area contributed by atoms with Crippen LogP contribution in [0.15, 0.2) is 17.5 Å². The number of hydrogen-bond donors (Lipinski definition) is 2. The molecule has 2 aliphatic rings. The quantitative estimate of drug-likeness (QED) is 0.598. The summed E-state index contributed by atoms with van der Waals surface area (Å²) in [6.07, 6.45) is -5.16. The van der Waals surface area contributed by atoms with Crippen LogP contribution in [0.25, 0.3) is 10.7 Å². The van der Waals surface area contributed by atoms with E-state index in [0.717, 1.165) is 6.42 Å². The van der Waals surface area contributed by atoms with Gasteiger partial charge in [-0.05, 0) is 30.2 Å². The van der Waals surface area contributed by atoms with Crippen molar-refractivity contribution in [3.63, 3.8) is 0 Å². The first-order chi connectivity index (χ1) is 17.0. The minimum absolute atomic E-state index is 0.0239. The van der Waals surface area contributed by atoms with Gasteiger partial charge in [0.05, 0.1) is 23.2 Å². The number of carbonyl (C=O) groups is 3. The smallest absolute Gasteiger partial charge is 0.433 e. The normalized spacial score (nSPS) is 19.1. The number of aromatic nitrogens is 2. The Kier molecular flexibility index (Phi) is 7.48. The number of likely N-dealkylation sites (tertiary alicyclic amines) is 1.